The van der Waals surface area contributed by atoms with Crippen LogP contribution in [0.4, 0.5) is 0 Å². The van der Waals surface area contributed by atoms with Gasteiger partial charge in [0.05, 0.1) is 6.26 Å². The van der Waals surface area contributed by atoms with E-state index in [1.54, 1.807) is 6.26 Å². The Morgan fingerprint density at radius 1 is 1.44 bits per heavy atom. The lowest BCUT2D eigenvalue weighted by Gasteiger charge is -2.14. The van der Waals surface area contributed by atoms with E-state index in [2.05, 4.69) is 12.2 Å². The first-order chi connectivity index (χ1) is 8.61. The molecule has 0 aromatic carbocycles. The van der Waals surface area contributed by atoms with Gasteiger partial charge < -0.3 is 15.5 Å². The number of hydrogen-bond donors (Lipinski definition) is 2. The average molecular weight is 252 g/mol. The Hall–Kier alpha value is -1.29. The van der Waals surface area contributed by atoms with E-state index in [0.717, 1.165) is 25.0 Å². The Bertz CT molecular complexity index is 336. The third-order valence-corrected chi connectivity index (χ3v) is 3.02. The summed E-state index contributed by atoms with van der Waals surface area (Å²) in [6.07, 6.45) is 4.84. The summed E-state index contributed by atoms with van der Waals surface area (Å²) < 4.78 is 5.25. The van der Waals surface area contributed by atoms with Crippen LogP contribution in [-0.4, -0.2) is 18.5 Å². The van der Waals surface area contributed by atoms with Crippen molar-refractivity contribution in [1.29, 1.82) is 0 Å². The second kappa shape index (κ2) is 7.93. The summed E-state index contributed by atoms with van der Waals surface area (Å²) in [5.41, 5.74) is 5.48. The van der Waals surface area contributed by atoms with Crippen LogP contribution >= 0.6 is 0 Å². The molecule has 1 rings (SSSR count). The van der Waals surface area contributed by atoms with Gasteiger partial charge in [0, 0.05) is 18.9 Å². The fourth-order valence-electron chi connectivity index (χ4n) is 1.93. The summed E-state index contributed by atoms with van der Waals surface area (Å²) in [7, 11) is 0. The van der Waals surface area contributed by atoms with Gasteiger partial charge in [0.25, 0.3) is 0 Å². The third kappa shape index (κ3) is 5.87. The van der Waals surface area contributed by atoms with Crippen molar-refractivity contribution >= 4 is 5.91 Å². The molecule has 0 fully saturated rings. The highest BCUT2D eigenvalue weighted by molar-refractivity contribution is 5.76. The standard InChI is InChI=1S/C14H24N2O2/c1-11(7-8-15)5-6-14(17)16-12(2)10-13-4-3-9-18-13/h3-4,9,11-12H,5-8,10,15H2,1-2H3,(H,16,17). The zero-order valence-electron chi connectivity index (χ0n) is 11.3. The van der Waals surface area contributed by atoms with Crippen molar-refractivity contribution in [3.8, 4) is 0 Å². The first-order valence-electron chi connectivity index (χ1n) is 6.63. The van der Waals surface area contributed by atoms with Crippen molar-refractivity contribution in [2.24, 2.45) is 11.7 Å². The van der Waals surface area contributed by atoms with Crippen LogP contribution < -0.4 is 11.1 Å². The Labute approximate surface area is 109 Å². The second-order valence-corrected chi connectivity index (χ2v) is 4.97. The Kier molecular flexibility index (Phi) is 6.50. The zero-order chi connectivity index (χ0) is 13.4. The zero-order valence-corrected chi connectivity index (χ0v) is 11.3. The number of carbonyl (C=O) groups is 1. The molecule has 0 spiro atoms. The van der Waals surface area contributed by atoms with E-state index in [0.29, 0.717) is 18.9 Å². The van der Waals surface area contributed by atoms with Crippen LogP contribution in [0.2, 0.25) is 0 Å². The first kappa shape index (κ1) is 14.8. The lowest BCUT2D eigenvalue weighted by Crippen LogP contribution is -2.34. The molecule has 3 N–H and O–H groups in total. The minimum atomic E-state index is 0.105. The Morgan fingerprint density at radius 2 is 2.22 bits per heavy atom. The van der Waals surface area contributed by atoms with E-state index in [4.69, 9.17) is 10.2 Å². The molecule has 0 aliphatic heterocycles. The predicted molar refractivity (Wildman–Crippen MR) is 72.1 cm³/mol. The van der Waals surface area contributed by atoms with Crippen molar-refractivity contribution in [2.45, 2.75) is 45.6 Å². The average Bonchev–Trinajstić information content (AvgIpc) is 2.79. The number of carbonyl (C=O) groups excluding carboxylic acids is 1. The summed E-state index contributed by atoms with van der Waals surface area (Å²) >= 11 is 0. The van der Waals surface area contributed by atoms with Gasteiger partial charge in [-0.1, -0.05) is 6.92 Å². The van der Waals surface area contributed by atoms with Crippen molar-refractivity contribution in [3.63, 3.8) is 0 Å². The number of hydrogen-bond acceptors (Lipinski definition) is 3. The van der Waals surface area contributed by atoms with Crippen molar-refractivity contribution in [2.75, 3.05) is 6.54 Å². The molecule has 1 aromatic rings. The molecule has 18 heavy (non-hydrogen) atoms. The maximum Gasteiger partial charge on any atom is 0.220 e. The molecule has 0 aliphatic rings. The topological polar surface area (TPSA) is 68.3 Å². The highest BCUT2D eigenvalue weighted by Crippen LogP contribution is 2.09. The highest BCUT2D eigenvalue weighted by atomic mass is 16.3. The Morgan fingerprint density at radius 3 is 2.83 bits per heavy atom. The fourth-order valence-corrected chi connectivity index (χ4v) is 1.93. The molecule has 1 heterocycles. The molecule has 4 heteroatoms. The lowest BCUT2D eigenvalue weighted by molar-refractivity contribution is -0.122. The Balaban J connectivity index is 2.19. The minimum absolute atomic E-state index is 0.105. The van der Waals surface area contributed by atoms with Gasteiger partial charge in [-0.15, -0.1) is 0 Å². The van der Waals surface area contributed by atoms with E-state index in [1.807, 2.05) is 19.1 Å². The summed E-state index contributed by atoms with van der Waals surface area (Å²) in [5, 5.41) is 2.99. The van der Waals surface area contributed by atoms with Crippen LogP contribution in [0, 0.1) is 5.92 Å². The van der Waals surface area contributed by atoms with Crippen LogP contribution in [0.5, 0.6) is 0 Å². The number of furan rings is 1. The third-order valence-electron chi connectivity index (χ3n) is 3.02. The molecule has 0 bridgehead atoms. The summed E-state index contributed by atoms with van der Waals surface area (Å²) in [4.78, 5) is 11.7. The highest BCUT2D eigenvalue weighted by Gasteiger charge is 2.11. The van der Waals surface area contributed by atoms with Gasteiger partial charge in [0.2, 0.25) is 5.91 Å². The second-order valence-electron chi connectivity index (χ2n) is 4.97. The first-order valence-corrected chi connectivity index (χ1v) is 6.63. The van der Waals surface area contributed by atoms with E-state index >= 15 is 0 Å². The van der Waals surface area contributed by atoms with Crippen LogP contribution in [0.1, 0.15) is 38.9 Å². The maximum absolute atomic E-state index is 11.7. The number of rotatable bonds is 8. The van der Waals surface area contributed by atoms with Crippen LogP contribution in [0.3, 0.4) is 0 Å². The van der Waals surface area contributed by atoms with E-state index in [-0.39, 0.29) is 11.9 Å². The minimum Gasteiger partial charge on any atom is -0.469 e. The molecule has 0 radical (unpaired) electrons. The molecule has 2 atom stereocenters. The molecular weight excluding hydrogens is 228 g/mol. The molecule has 0 saturated heterocycles. The molecule has 102 valence electrons. The molecule has 1 aromatic heterocycles. The molecule has 1 amide bonds. The van der Waals surface area contributed by atoms with Gasteiger partial charge >= 0.3 is 0 Å². The van der Waals surface area contributed by atoms with Crippen molar-refractivity contribution in [3.05, 3.63) is 24.2 Å². The summed E-state index contributed by atoms with van der Waals surface area (Å²) in [6, 6.07) is 3.89. The summed E-state index contributed by atoms with van der Waals surface area (Å²) in [5.74, 6) is 1.53. The number of nitrogens with two attached hydrogens (primary N) is 1. The number of amides is 1. The van der Waals surface area contributed by atoms with E-state index in [1.165, 1.54) is 0 Å². The largest absolute Gasteiger partial charge is 0.469 e. The summed E-state index contributed by atoms with van der Waals surface area (Å²) in [6.45, 7) is 4.81. The van der Waals surface area contributed by atoms with Gasteiger partial charge in [-0.2, -0.15) is 0 Å². The van der Waals surface area contributed by atoms with Gasteiger partial charge in [-0.05, 0) is 44.4 Å². The van der Waals surface area contributed by atoms with Crippen LogP contribution in [-0.2, 0) is 11.2 Å². The quantitative estimate of drug-likeness (QED) is 0.744. The van der Waals surface area contributed by atoms with Gasteiger partial charge in [0.1, 0.15) is 5.76 Å². The molecule has 0 saturated carbocycles. The van der Waals surface area contributed by atoms with E-state index < -0.39 is 0 Å². The normalized spacial score (nSPS) is 14.2. The number of nitrogens with one attached hydrogen (secondary N) is 1. The van der Waals surface area contributed by atoms with Crippen LogP contribution in [0.25, 0.3) is 0 Å². The van der Waals surface area contributed by atoms with Gasteiger partial charge in [-0.3, -0.25) is 4.79 Å². The molecular formula is C14H24N2O2. The van der Waals surface area contributed by atoms with Crippen molar-refractivity contribution < 1.29 is 9.21 Å². The van der Waals surface area contributed by atoms with E-state index in [9.17, 15) is 4.79 Å². The fraction of sp³-hybridized carbons (Fsp3) is 0.643. The molecule has 2 unspecified atom stereocenters. The molecule has 4 nitrogen and oxygen atoms in total. The monoisotopic (exact) mass is 252 g/mol. The van der Waals surface area contributed by atoms with Gasteiger partial charge in [-0.25, -0.2) is 0 Å². The smallest absolute Gasteiger partial charge is 0.220 e. The predicted octanol–water partition coefficient (Wildman–Crippen LogP) is 2.09. The lowest BCUT2D eigenvalue weighted by atomic mass is 10.0. The van der Waals surface area contributed by atoms with Crippen molar-refractivity contribution in [1.82, 2.24) is 5.32 Å². The SMILES string of the molecule is CC(CCN)CCC(=O)NC(C)Cc1ccco1. The van der Waals surface area contributed by atoms with Crippen LogP contribution in [0.15, 0.2) is 22.8 Å². The van der Waals surface area contributed by atoms with Gasteiger partial charge in [0.15, 0.2) is 0 Å². The maximum atomic E-state index is 11.7. The molecule has 0 aliphatic carbocycles.